The SMILES string of the molecule is O=C(OCc1cccc([N+](=O)[O-])c1)c1ccccc1-c1ccccc1. The number of nitro benzene ring substituents is 1. The number of nitrogens with zero attached hydrogens (tertiary/aromatic N) is 1. The highest BCUT2D eigenvalue weighted by Gasteiger charge is 2.14. The normalized spacial score (nSPS) is 10.2. The highest BCUT2D eigenvalue weighted by atomic mass is 16.6. The molecule has 3 aromatic rings. The molecule has 0 fully saturated rings. The molecule has 5 nitrogen and oxygen atoms in total. The van der Waals surface area contributed by atoms with E-state index in [4.69, 9.17) is 4.74 Å². The van der Waals surface area contributed by atoms with Gasteiger partial charge in [0.15, 0.2) is 0 Å². The molecule has 0 atom stereocenters. The van der Waals surface area contributed by atoms with E-state index in [0.29, 0.717) is 11.1 Å². The van der Waals surface area contributed by atoms with Crippen LogP contribution in [0.2, 0.25) is 0 Å². The third-order valence-electron chi connectivity index (χ3n) is 3.72. The fourth-order valence-electron chi connectivity index (χ4n) is 2.52. The molecule has 0 spiro atoms. The molecule has 0 N–H and O–H groups in total. The van der Waals surface area contributed by atoms with Gasteiger partial charge in [0.25, 0.3) is 5.69 Å². The minimum atomic E-state index is -0.476. The van der Waals surface area contributed by atoms with Crippen LogP contribution >= 0.6 is 0 Å². The van der Waals surface area contributed by atoms with Gasteiger partial charge in [-0.3, -0.25) is 10.1 Å². The van der Waals surface area contributed by atoms with Crippen molar-refractivity contribution in [3.8, 4) is 11.1 Å². The molecule has 0 heterocycles. The Morgan fingerprint density at radius 1 is 0.920 bits per heavy atom. The molecule has 0 aliphatic heterocycles. The number of carbonyl (C=O) groups is 1. The fourth-order valence-corrected chi connectivity index (χ4v) is 2.52. The lowest BCUT2D eigenvalue weighted by molar-refractivity contribution is -0.384. The molecule has 0 saturated heterocycles. The second-order valence-corrected chi connectivity index (χ2v) is 5.41. The summed E-state index contributed by atoms with van der Waals surface area (Å²) in [6, 6.07) is 22.8. The van der Waals surface area contributed by atoms with Crippen molar-refractivity contribution in [2.45, 2.75) is 6.61 Å². The molecule has 0 unspecified atom stereocenters. The number of esters is 1. The highest BCUT2D eigenvalue weighted by molar-refractivity contribution is 5.97. The smallest absolute Gasteiger partial charge is 0.339 e. The first-order valence-corrected chi connectivity index (χ1v) is 7.70. The number of hydrogen-bond donors (Lipinski definition) is 0. The first-order chi connectivity index (χ1) is 12.1. The zero-order valence-corrected chi connectivity index (χ0v) is 13.3. The van der Waals surface area contributed by atoms with Crippen molar-refractivity contribution in [2.24, 2.45) is 0 Å². The van der Waals surface area contributed by atoms with Gasteiger partial charge in [-0.15, -0.1) is 0 Å². The number of ether oxygens (including phenoxy) is 1. The standard InChI is InChI=1S/C20H15NO4/c22-20(25-14-15-7-6-10-17(13-15)21(23)24)19-12-5-4-11-18(19)16-8-2-1-3-9-16/h1-13H,14H2. The summed E-state index contributed by atoms with van der Waals surface area (Å²) in [5.74, 6) is -0.467. The van der Waals surface area contributed by atoms with Crippen molar-refractivity contribution in [1.29, 1.82) is 0 Å². The monoisotopic (exact) mass is 333 g/mol. The van der Waals surface area contributed by atoms with E-state index in [0.717, 1.165) is 11.1 Å². The van der Waals surface area contributed by atoms with Gasteiger partial charge in [-0.2, -0.15) is 0 Å². The van der Waals surface area contributed by atoms with Crippen LogP contribution in [0.3, 0.4) is 0 Å². The maximum Gasteiger partial charge on any atom is 0.339 e. The molecule has 0 bridgehead atoms. The predicted octanol–water partition coefficient (Wildman–Crippen LogP) is 4.62. The van der Waals surface area contributed by atoms with Gasteiger partial charge in [0, 0.05) is 12.1 Å². The highest BCUT2D eigenvalue weighted by Crippen LogP contribution is 2.24. The number of carbonyl (C=O) groups excluding carboxylic acids is 1. The third kappa shape index (κ3) is 3.90. The molecule has 0 aliphatic rings. The Morgan fingerprint density at radius 3 is 2.40 bits per heavy atom. The van der Waals surface area contributed by atoms with Crippen LogP contribution in [0.1, 0.15) is 15.9 Å². The fraction of sp³-hybridized carbons (Fsp3) is 0.0500. The molecule has 0 saturated carbocycles. The van der Waals surface area contributed by atoms with E-state index >= 15 is 0 Å². The minimum Gasteiger partial charge on any atom is -0.457 e. The molecule has 25 heavy (non-hydrogen) atoms. The van der Waals surface area contributed by atoms with Crippen molar-refractivity contribution >= 4 is 11.7 Å². The van der Waals surface area contributed by atoms with Crippen molar-refractivity contribution in [3.05, 3.63) is 100 Å². The topological polar surface area (TPSA) is 69.4 Å². The summed E-state index contributed by atoms with van der Waals surface area (Å²) in [7, 11) is 0. The molecule has 3 rings (SSSR count). The number of nitro groups is 1. The number of rotatable bonds is 5. The summed E-state index contributed by atoms with van der Waals surface area (Å²) in [5.41, 5.74) is 2.70. The summed E-state index contributed by atoms with van der Waals surface area (Å²) in [5, 5.41) is 10.8. The zero-order valence-electron chi connectivity index (χ0n) is 13.3. The lowest BCUT2D eigenvalue weighted by Crippen LogP contribution is -2.07. The summed E-state index contributed by atoms with van der Waals surface area (Å²) in [4.78, 5) is 22.8. The molecule has 0 aliphatic carbocycles. The molecular weight excluding hydrogens is 318 g/mol. The van der Waals surface area contributed by atoms with Crippen LogP contribution in [0.15, 0.2) is 78.9 Å². The Labute approximate surface area is 144 Å². The van der Waals surface area contributed by atoms with Gasteiger partial charge in [-0.05, 0) is 22.8 Å². The Hall–Kier alpha value is -3.47. The van der Waals surface area contributed by atoms with Crippen LogP contribution < -0.4 is 0 Å². The summed E-state index contributed by atoms with van der Waals surface area (Å²) in [6.07, 6.45) is 0. The van der Waals surface area contributed by atoms with Crippen molar-refractivity contribution in [3.63, 3.8) is 0 Å². The van der Waals surface area contributed by atoms with Crippen LogP contribution in [0.4, 0.5) is 5.69 Å². The molecule has 0 radical (unpaired) electrons. The Bertz CT molecular complexity index is 906. The molecule has 0 amide bonds. The number of non-ortho nitro benzene ring substituents is 1. The predicted molar refractivity (Wildman–Crippen MR) is 94.1 cm³/mol. The van der Waals surface area contributed by atoms with Crippen LogP contribution in [-0.2, 0) is 11.3 Å². The zero-order chi connectivity index (χ0) is 17.6. The maximum absolute atomic E-state index is 12.5. The molecule has 0 aromatic heterocycles. The second-order valence-electron chi connectivity index (χ2n) is 5.41. The van der Waals surface area contributed by atoms with Crippen molar-refractivity contribution < 1.29 is 14.5 Å². The van der Waals surface area contributed by atoms with Crippen LogP contribution in [0, 0.1) is 10.1 Å². The van der Waals surface area contributed by atoms with E-state index in [2.05, 4.69) is 0 Å². The first-order valence-electron chi connectivity index (χ1n) is 7.70. The molecule has 3 aromatic carbocycles. The average molecular weight is 333 g/mol. The Morgan fingerprint density at radius 2 is 1.64 bits per heavy atom. The first kappa shape index (κ1) is 16.4. The summed E-state index contributed by atoms with van der Waals surface area (Å²) < 4.78 is 5.35. The van der Waals surface area contributed by atoms with E-state index in [-0.39, 0.29) is 12.3 Å². The van der Waals surface area contributed by atoms with Crippen LogP contribution in [0.5, 0.6) is 0 Å². The summed E-state index contributed by atoms with van der Waals surface area (Å²) >= 11 is 0. The van der Waals surface area contributed by atoms with E-state index in [1.165, 1.54) is 12.1 Å². The van der Waals surface area contributed by atoms with Crippen molar-refractivity contribution in [2.75, 3.05) is 0 Å². The Kier molecular flexibility index (Phi) is 4.85. The number of hydrogen-bond acceptors (Lipinski definition) is 4. The summed E-state index contributed by atoms with van der Waals surface area (Å²) in [6.45, 7) is -0.0242. The van der Waals surface area contributed by atoms with Gasteiger partial charge in [-0.25, -0.2) is 4.79 Å². The third-order valence-corrected chi connectivity index (χ3v) is 3.72. The van der Waals surface area contributed by atoms with Gasteiger partial charge >= 0.3 is 5.97 Å². The van der Waals surface area contributed by atoms with Gasteiger partial charge in [0.2, 0.25) is 0 Å². The lowest BCUT2D eigenvalue weighted by atomic mass is 10.00. The van der Waals surface area contributed by atoms with Gasteiger partial charge < -0.3 is 4.74 Å². The second kappa shape index (κ2) is 7.40. The van der Waals surface area contributed by atoms with Gasteiger partial charge in [0.05, 0.1) is 10.5 Å². The van der Waals surface area contributed by atoms with Crippen LogP contribution in [0.25, 0.3) is 11.1 Å². The minimum absolute atomic E-state index is 0.0242. The van der Waals surface area contributed by atoms with E-state index < -0.39 is 10.9 Å². The largest absolute Gasteiger partial charge is 0.457 e. The van der Waals surface area contributed by atoms with Gasteiger partial charge in [0.1, 0.15) is 6.61 Å². The molecular formula is C20H15NO4. The Balaban J connectivity index is 1.79. The lowest BCUT2D eigenvalue weighted by Gasteiger charge is -2.10. The quantitative estimate of drug-likeness (QED) is 0.388. The van der Waals surface area contributed by atoms with Gasteiger partial charge in [-0.1, -0.05) is 60.7 Å². The van der Waals surface area contributed by atoms with Crippen LogP contribution in [-0.4, -0.2) is 10.9 Å². The maximum atomic E-state index is 12.5. The van der Waals surface area contributed by atoms with E-state index in [1.807, 2.05) is 42.5 Å². The van der Waals surface area contributed by atoms with Crippen molar-refractivity contribution in [1.82, 2.24) is 0 Å². The molecule has 124 valence electrons. The van der Waals surface area contributed by atoms with E-state index in [1.54, 1.807) is 24.3 Å². The molecule has 5 heteroatoms. The van der Waals surface area contributed by atoms with E-state index in [9.17, 15) is 14.9 Å². The number of benzene rings is 3. The average Bonchev–Trinajstić information content (AvgIpc) is 2.67.